The molecule has 0 atom stereocenters. The molecule has 0 N–H and O–H groups in total. The predicted molar refractivity (Wildman–Crippen MR) is 143 cm³/mol. The molecule has 2 saturated heterocycles. The van der Waals surface area contributed by atoms with Crippen molar-refractivity contribution in [2.45, 2.75) is 62.8 Å². The van der Waals surface area contributed by atoms with Crippen molar-refractivity contribution in [3.63, 3.8) is 0 Å². The lowest BCUT2D eigenvalue weighted by Gasteiger charge is -2.42. The van der Waals surface area contributed by atoms with E-state index in [9.17, 15) is 17.6 Å². The van der Waals surface area contributed by atoms with Crippen molar-refractivity contribution >= 4 is 28.1 Å². The number of hydrogen-bond donors (Lipinski definition) is 0. The van der Waals surface area contributed by atoms with Gasteiger partial charge in [0.05, 0.1) is 0 Å². The molecule has 0 radical (unpaired) electrons. The molecule has 0 bridgehead atoms. The molecule has 10 heteroatoms. The minimum absolute atomic E-state index is 0.00583. The third-order valence-corrected chi connectivity index (χ3v) is 10.3. The van der Waals surface area contributed by atoms with E-state index in [0.29, 0.717) is 24.4 Å². The average Bonchev–Trinajstić information content (AvgIpc) is 3.34. The number of nitrogens with zero attached hydrogens (tertiary/aromatic N) is 4. The molecule has 1 amide bonds. The van der Waals surface area contributed by atoms with Crippen LogP contribution in [0.4, 0.5) is 4.39 Å². The second kappa shape index (κ2) is 11.7. The standard InChI is InChI=1S/C28H37FN4O4S/c1-21-27(26(37-30-21)12-11-22-7-5-6-10-25(22)29)38(35,36)33-15-13-23(14-16-33)28(34)32-19-17-31(18-20-32)24-8-3-2-4-9-24/h5-7,10-12,23-24H,2-4,8-9,13-20H2,1H3/b12-11+. The smallest absolute Gasteiger partial charge is 0.248 e. The quantitative estimate of drug-likeness (QED) is 0.543. The highest BCUT2D eigenvalue weighted by Gasteiger charge is 2.37. The molecule has 1 saturated carbocycles. The van der Waals surface area contributed by atoms with Gasteiger partial charge in [-0.2, -0.15) is 4.31 Å². The Labute approximate surface area is 224 Å². The Morgan fingerprint density at radius 2 is 1.66 bits per heavy atom. The second-order valence-corrected chi connectivity index (χ2v) is 12.5. The normalized spacial score (nSPS) is 21.4. The number of benzene rings is 1. The molecule has 1 aromatic heterocycles. The molecule has 1 aliphatic carbocycles. The van der Waals surface area contributed by atoms with Crippen LogP contribution in [0.15, 0.2) is 33.7 Å². The maximum Gasteiger partial charge on any atom is 0.248 e. The van der Waals surface area contributed by atoms with Crippen LogP contribution in [0.25, 0.3) is 12.2 Å². The first-order chi connectivity index (χ1) is 18.3. The van der Waals surface area contributed by atoms with Crippen LogP contribution in [-0.2, 0) is 14.8 Å². The number of hydrogen-bond acceptors (Lipinski definition) is 6. The number of carbonyl (C=O) groups is 1. The Balaban J connectivity index is 1.19. The van der Waals surface area contributed by atoms with Crippen molar-refractivity contribution in [3.8, 4) is 0 Å². The first kappa shape index (κ1) is 27.0. The average molecular weight is 545 g/mol. The third-order valence-electron chi connectivity index (χ3n) is 8.27. The van der Waals surface area contributed by atoms with Gasteiger partial charge in [-0.3, -0.25) is 9.69 Å². The van der Waals surface area contributed by atoms with E-state index in [0.717, 1.165) is 26.2 Å². The number of aryl methyl sites for hydroxylation is 1. The fourth-order valence-corrected chi connectivity index (χ4v) is 7.78. The highest BCUT2D eigenvalue weighted by atomic mass is 32.2. The zero-order valence-electron chi connectivity index (χ0n) is 22.0. The lowest BCUT2D eigenvalue weighted by atomic mass is 9.93. The Bertz CT molecular complexity index is 1260. The van der Waals surface area contributed by atoms with Crippen LogP contribution >= 0.6 is 0 Å². The highest BCUT2D eigenvalue weighted by Crippen LogP contribution is 2.30. The third kappa shape index (κ3) is 5.72. The van der Waals surface area contributed by atoms with Crippen LogP contribution in [0.3, 0.4) is 0 Å². The lowest BCUT2D eigenvalue weighted by molar-refractivity contribution is -0.139. The summed E-state index contributed by atoms with van der Waals surface area (Å²) in [5, 5.41) is 3.87. The lowest BCUT2D eigenvalue weighted by Crippen LogP contribution is -2.54. The molecule has 206 valence electrons. The monoisotopic (exact) mass is 544 g/mol. The zero-order valence-corrected chi connectivity index (χ0v) is 22.8. The Kier molecular flexibility index (Phi) is 8.30. The molecule has 0 spiro atoms. The van der Waals surface area contributed by atoms with Gasteiger partial charge < -0.3 is 9.42 Å². The van der Waals surface area contributed by atoms with Crippen molar-refractivity contribution in [3.05, 3.63) is 47.1 Å². The van der Waals surface area contributed by atoms with Crippen molar-refractivity contribution in [2.75, 3.05) is 39.3 Å². The van der Waals surface area contributed by atoms with E-state index in [4.69, 9.17) is 4.52 Å². The first-order valence-corrected chi connectivity index (χ1v) is 15.2. The van der Waals surface area contributed by atoms with Crippen LogP contribution in [0.5, 0.6) is 0 Å². The van der Waals surface area contributed by atoms with Gasteiger partial charge in [-0.25, -0.2) is 12.8 Å². The van der Waals surface area contributed by atoms with Gasteiger partial charge in [-0.15, -0.1) is 0 Å². The minimum atomic E-state index is -3.89. The van der Waals surface area contributed by atoms with E-state index in [1.807, 2.05) is 4.90 Å². The number of sulfonamides is 1. The molecule has 3 fully saturated rings. The fourth-order valence-electron chi connectivity index (χ4n) is 6.06. The number of halogens is 1. The predicted octanol–water partition coefficient (Wildman–Crippen LogP) is 4.17. The van der Waals surface area contributed by atoms with E-state index in [-0.39, 0.29) is 41.3 Å². The molecular formula is C28H37FN4O4S. The van der Waals surface area contributed by atoms with Crippen molar-refractivity contribution in [2.24, 2.45) is 5.92 Å². The number of rotatable bonds is 6. The maximum atomic E-state index is 14.0. The van der Waals surface area contributed by atoms with Gasteiger partial charge in [0.2, 0.25) is 15.9 Å². The van der Waals surface area contributed by atoms with Crippen molar-refractivity contribution in [1.82, 2.24) is 19.3 Å². The molecule has 0 unspecified atom stereocenters. The summed E-state index contributed by atoms with van der Waals surface area (Å²) >= 11 is 0. The van der Waals surface area contributed by atoms with Crippen LogP contribution in [0.1, 0.15) is 62.0 Å². The highest BCUT2D eigenvalue weighted by molar-refractivity contribution is 7.89. The summed E-state index contributed by atoms with van der Waals surface area (Å²) in [6.07, 6.45) is 10.4. The molecule has 5 rings (SSSR count). The topological polar surface area (TPSA) is 87.0 Å². The van der Waals surface area contributed by atoms with Crippen molar-refractivity contribution in [1.29, 1.82) is 0 Å². The largest absolute Gasteiger partial charge is 0.355 e. The summed E-state index contributed by atoms with van der Waals surface area (Å²) in [7, 11) is -3.89. The van der Waals surface area contributed by atoms with E-state index in [1.54, 1.807) is 25.1 Å². The second-order valence-electron chi connectivity index (χ2n) is 10.6. The Morgan fingerprint density at radius 3 is 2.34 bits per heavy atom. The Morgan fingerprint density at radius 1 is 0.974 bits per heavy atom. The van der Waals surface area contributed by atoms with Crippen LogP contribution in [-0.4, -0.2) is 78.9 Å². The van der Waals surface area contributed by atoms with Crippen LogP contribution < -0.4 is 0 Å². The summed E-state index contributed by atoms with van der Waals surface area (Å²) in [6, 6.07) is 6.90. The van der Waals surface area contributed by atoms with E-state index in [1.165, 1.54) is 54.6 Å². The number of aromatic nitrogens is 1. The van der Waals surface area contributed by atoms with Gasteiger partial charge in [0, 0.05) is 56.8 Å². The van der Waals surface area contributed by atoms with Crippen LogP contribution in [0.2, 0.25) is 0 Å². The minimum Gasteiger partial charge on any atom is -0.355 e. The SMILES string of the molecule is Cc1noc(/C=C/c2ccccc2F)c1S(=O)(=O)N1CCC(C(=O)N2CCN(C3CCCCC3)CC2)CC1. The Hall–Kier alpha value is -2.56. The molecule has 2 aromatic rings. The van der Waals surface area contributed by atoms with Gasteiger partial charge in [0.25, 0.3) is 0 Å². The molecule has 3 aliphatic rings. The van der Waals surface area contributed by atoms with Gasteiger partial charge in [0.15, 0.2) is 10.7 Å². The van der Waals surface area contributed by atoms with E-state index < -0.39 is 15.8 Å². The first-order valence-electron chi connectivity index (χ1n) is 13.8. The summed E-state index contributed by atoms with van der Waals surface area (Å²) in [4.78, 5) is 17.8. The molecular weight excluding hydrogens is 507 g/mol. The molecule has 1 aromatic carbocycles. The van der Waals surface area contributed by atoms with E-state index in [2.05, 4.69) is 10.1 Å². The number of amides is 1. The van der Waals surface area contributed by atoms with Gasteiger partial charge in [-0.1, -0.05) is 42.6 Å². The van der Waals surface area contributed by atoms with Crippen molar-refractivity contribution < 1.29 is 22.1 Å². The molecule has 3 heterocycles. The van der Waals surface area contributed by atoms with Gasteiger partial charge in [-0.05, 0) is 50.8 Å². The molecule has 38 heavy (non-hydrogen) atoms. The summed E-state index contributed by atoms with van der Waals surface area (Å²) < 4.78 is 47.8. The van der Waals surface area contributed by atoms with E-state index >= 15 is 0 Å². The number of piperidine rings is 1. The van der Waals surface area contributed by atoms with Gasteiger partial charge in [0.1, 0.15) is 11.5 Å². The maximum absolute atomic E-state index is 14.0. The number of carbonyl (C=O) groups excluding carboxylic acids is 1. The number of piperazine rings is 1. The fraction of sp³-hybridized carbons (Fsp3) is 0.571. The van der Waals surface area contributed by atoms with Gasteiger partial charge >= 0.3 is 0 Å². The molecule has 8 nitrogen and oxygen atoms in total. The summed E-state index contributed by atoms with van der Waals surface area (Å²) in [6.45, 7) is 5.49. The van der Waals surface area contributed by atoms with Crippen LogP contribution in [0, 0.1) is 18.7 Å². The summed E-state index contributed by atoms with van der Waals surface area (Å²) in [5.74, 6) is -0.349. The zero-order chi connectivity index (χ0) is 26.7. The summed E-state index contributed by atoms with van der Waals surface area (Å²) in [5.41, 5.74) is 0.580. The molecule has 2 aliphatic heterocycles.